The molecule has 0 unspecified atom stereocenters. The lowest BCUT2D eigenvalue weighted by molar-refractivity contribution is 1.24. The average molecular weight is 308 g/mol. The van der Waals surface area contributed by atoms with Crippen molar-refractivity contribution in [3.8, 4) is 6.07 Å². The van der Waals surface area contributed by atoms with E-state index in [0.717, 1.165) is 15.2 Å². The Morgan fingerprint density at radius 2 is 2.18 bits per heavy atom. The first-order valence-electron chi connectivity index (χ1n) is 4.89. The van der Waals surface area contributed by atoms with Gasteiger partial charge in [-0.15, -0.1) is 11.3 Å². The maximum absolute atomic E-state index is 8.90. The Hall–Kier alpha value is -1.51. The number of nitrogens with zero attached hydrogens (tertiary/aromatic N) is 2. The van der Waals surface area contributed by atoms with Crippen molar-refractivity contribution in [1.82, 2.24) is 0 Å². The molecule has 0 aliphatic carbocycles. The Bertz CT molecular complexity index is 586. The highest BCUT2D eigenvalue weighted by Crippen LogP contribution is 2.35. The summed E-state index contributed by atoms with van der Waals surface area (Å²) in [5.74, 6) is 0. The van der Waals surface area contributed by atoms with E-state index in [0.29, 0.717) is 11.3 Å². The van der Waals surface area contributed by atoms with Crippen LogP contribution in [0.2, 0.25) is 0 Å². The molecule has 0 aliphatic rings. The average Bonchev–Trinajstić information content (AvgIpc) is 2.76. The summed E-state index contributed by atoms with van der Waals surface area (Å²) in [4.78, 5) is 1.98. The summed E-state index contributed by atoms with van der Waals surface area (Å²) in [7, 11) is 1.94. The van der Waals surface area contributed by atoms with Gasteiger partial charge in [0.05, 0.1) is 28.0 Å². The van der Waals surface area contributed by atoms with Crippen molar-refractivity contribution in [3.63, 3.8) is 0 Å². The lowest BCUT2D eigenvalue weighted by Gasteiger charge is -2.19. The zero-order valence-electron chi connectivity index (χ0n) is 9.14. The van der Waals surface area contributed by atoms with Gasteiger partial charge in [0, 0.05) is 16.9 Å². The predicted octanol–water partition coefficient (Wildman–Crippen LogP) is 3.73. The third kappa shape index (κ3) is 2.43. The van der Waals surface area contributed by atoms with Crippen LogP contribution >= 0.6 is 27.3 Å². The van der Waals surface area contributed by atoms with Crippen molar-refractivity contribution in [2.45, 2.75) is 0 Å². The normalized spacial score (nSPS) is 9.94. The number of rotatable bonds is 2. The van der Waals surface area contributed by atoms with Gasteiger partial charge >= 0.3 is 0 Å². The zero-order valence-corrected chi connectivity index (χ0v) is 11.5. The van der Waals surface area contributed by atoms with E-state index in [9.17, 15) is 0 Å². The van der Waals surface area contributed by atoms with Crippen LogP contribution in [0.3, 0.4) is 0 Å². The van der Waals surface area contributed by atoms with Crippen molar-refractivity contribution in [1.29, 1.82) is 5.26 Å². The lowest BCUT2D eigenvalue weighted by Crippen LogP contribution is -2.10. The molecule has 0 fully saturated rings. The highest BCUT2D eigenvalue weighted by molar-refractivity contribution is 9.10. The maximum atomic E-state index is 8.90. The molecule has 1 aromatic heterocycles. The summed E-state index contributed by atoms with van der Waals surface area (Å²) in [6.45, 7) is 0. The lowest BCUT2D eigenvalue weighted by atomic mass is 10.2. The first-order valence-corrected chi connectivity index (χ1v) is 6.56. The fraction of sp³-hybridized carbons (Fsp3) is 0.0833. The number of hydrogen-bond acceptors (Lipinski definition) is 4. The summed E-state index contributed by atoms with van der Waals surface area (Å²) in [5, 5.41) is 12.0. The minimum atomic E-state index is 0.608. The van der Waals surface area contributed by atoms with Crippen LogP contribution in [-0.2, 0) is 0 Å². The SMILES string of the molecule is CN(c1cc(Br)cs1)c1cc(C#N)ccc1N. The second-order valence-corrected chi connectivity index (χ2v) is 5.35. The fourth-order valence-corrected chi connectivity index (χ4v) is 2.90. The van der Waals surface area contributed by atoms with Gasteiger partial charge in [0.15, 0.2) is 0 Å². The molecule has 3 nitrogen and oxygen atoms in total. The van der Waals surface area contributed by atoms with Crippen LogP contribution < -0.4 is 10.6 Å². The molecule has 0 amide bonds. The van der Waals surface area contributed by atoms with Crippen molar-refractivity contribution in [3.05, 3.63) is 39.7 Å². The molecule has 1 aromatic carbocycles. The summed E-state index contributed by atoms with van der Waals surface area (Å²) < 4.78 is 1.04. The molecular formula is C12H10BrN3S. The molecular weight excluding hydrogens is 298 g/mol. The van der Waals surface area contributed by atoms with Gasteiger partial charge in [-0.25, -0.2) is 0 Å². The minimum absolute atomic E-state index is 0.608. The molecule has 2 rings (SSSR count). The van der Waals surface area contributed by atoms with Crippen LogP contribution in [0, 0.1) is 11.3 Å². The van der Waals surface area contributed by atoms with E-state index in [-0.39, 0.29) is 0 Å². The van der Waals surface area contributed by atoms with Gasteiger partial charge in [-0.05, 0) is 40.2 Å². The Balaban J connectivity index is 2.43. The second kappa shape index (κ2) is 4.78. The standard InChI is InChI=1S/C12H10BrN3S/c1-16(12-5-9(13)7-17-12)11-4-8(6-14)2-3-10(11)15/h2-5,7H,15H2,1H3. The highest BCUT2D eigenvalue weighted by Gasteiger charge is 2.10. The molecule has 0 bridgehead atoms. The molecule has 0 spiro atoms. The molecule has 0 aliphatic heterocycles. The monoisotopic (exact) mass is 307 g/mol. The van der Waals surface area contributed by atoms with E-state index >= 15 is 0 Å². The van der Waals surface area contributed by atoms with Gasteiger partial charge < -0.3 is 10.6 Å². The largest absolute Gasteiger partial charge is 0.397 e. The molecule has 2 N–H and O–H groups in total. The van der Waals surface area contributed by atoms with Crippen LogP contribution in [0.15, 0.2) is 34.1 Å². The van der Waals surface area contributed by atoms with Gasteiger partial charge in [0.25, 0.3) is 0 Å². The van der Waals surface area contributed by atoms with Crippen LogP contribution in [0.1, 0.15) is 5.56 Å². The molecule has 1 heterocycles. The quantitative estimate of drug-likeness (QED) is 0.860. The highest BCUT2D eigenvalue weighted by atomic mass is 79.9. The Kier molecular flexibility index (Phi) is 3.36. The number of benzene rings is 1. The van der Waals surface area contributed by atoms with Gasteiger partial charge in [-0.2, -0.15) is 5.26 Å². The van der Waals surface area contributed by atoms with Crippen LogP contribution in [-0.4, -0.2) is 7.05 Å². The zero-order chi connectivity index (χ0) is 12.4. The van der Waals surface area contributed by atoms with Crippen LogP contribution in [0.25, 0.3) is 0 Å². The van der Waals surface area contributed by atoms with E-state index in [4.69, 9.17) is 11.0 Å². The van der Waals surface area contributed by atoms with Crippen molar-refractivity contribution in [2.75, 3.05) is 17.7 Å². The third-order valence-electron chi connectivity index (χ3n) is 2.41. The first-order chi connectivity index (χ1) is 8.11. The Labute approximate surface area is 112 Å². The number of halogens is 1. The topological polar surface area (TPSA) is 53.0 Å². The number of nitrogen functional groups attached to an aromatic ring is 1. The summed E-state index contributed by atoms with van der Waals surface area (Å²) in [5.41, 5.74) is 8.05. The fourth-order valence-electron chi connectivity index (χ4n) is 1.50. The second-order valence-electron chi connectivity index (χ2n) is 3.55. The first kappa shape index (κ1) is 12.0. The Morgan fingerprint density at radius 3 is 2.76 bits per heavy atom. The summed E-state index contributed by atoms with van der Waals surface area (Å²) in [6.07, 6.45) is 0. The van der Waals surface area contributed by atoms with E-state index in [2.05, 4.69) is 22.0 Å². The summed E-state index contributed by atoms with van der Waals surface area (Å²) in [6, 6.07) is 9.41. The van der Waals surface area contributed by atoms with Crippen molar-refractivity contribution >= 4 is 43.6 Å². The summed E-state index contributed by atoms with van der Waals surface area (Å²) >= 11 is 5.04. The van der Waals surface area contributed by atoms with E-state index in [1.54, 1.807) is 29.5 Å². The molecule has 5 heteroatoms. The number of thiophene rings is 1. The van der Waals surface area contributed by atoms with E-state index in [1.165, 1.54) is 0 Å². The smallest absolute Gasteiger partial charge is 0.0992 e. The number of anilines is 3. The molecule has 0 saturated heterocycles. The molecule has 17 heavy (non-hydrogen) atoms. The van der Waals surface area contributed by atoms with Gasteiger partial charge in [0.2, 0.25) is 0 Å². The Morgan fingerprint density at radius 1 is 1.41 bits per heavy atom. The number of nitrogens with two attached hydrogens (primary N) is 1. The van der Waals surface area contributed by atoms with Crippen molar-refractivity contribution in [2.24, 2.45) is 0 Å². The van der Waals surface area contributed by atoms with Crippen LogP contribution in [0.4, 0.5) is 16.4 Å². The molecule has 2 aromatic rings. The molecule has 0 atom stereocenters. The van der Waals surface area contributed by atoms with Gasteiger partial charge in [-0.3, -0.25) is 0 Å². The number of nitriles is 1. The predicted molar refractivity (Wildman–Crippen MR) is 75.7 cm³/mol. The van der Waals surface area contributed by atoms with Crippen LogP contribution in [0.5, 0.6) is 0 Å². The maximum Gasteiger partial charge on any atom is 0.0992 e. The molecule has 0 saturated carbocycles. The van der Waals surface area contributed by atoms with Gasteiger partial charge in [0.1, 0.15) is 0 Å². The number of hydrogen-bond donors (Lipinski definition) is 1. The van der Waals surface area contributed by atoms with Crippen molar-refractivity contribution < 1.29 is 0 Å². The van der Waals surface area contributed by atoms with Gasteiger partial charge in [-0.1, -0.05) is 0 Å². The third-order valence-corrected chi connectivity index (χ3v) is 4.17. The minimum Gasteiger partial charge on any atom is -0.397 e. The van der Waals surface area contributed by atoms with E-state index in [1.807, 2.05) is 23.4 Å². The van der Waals surface area contributed by atoms with E-state index < -0.39 is 0 Å². The molecule has 86 valence electrons. The molecule has 0 radical (unpaired) electrons.